The number of hydrogen-bond donors (Lipinski definition) is 0. The van der Waals surface area contributed by atoms with Crippen LogP contribution in [0.15, 0.2) is 24.3 Å². The van der Waals surface area contributed by atoms with Gasteiger partial charge in [-0.25, -0.2) is 0 Å². The largest absolute Gasteiger partial charge is 0.497 e. The van der Waals surface area contributed by atoms with Crippen LogP contribution < -0.4 is 4.74 Å². The molecule has 1 unspecified atom stereocenters. The van der Waals surface area contributed by atoms with Crippen molar-refractivity contribution >= 4 is 11.9 Å². The Morgan fingerprint density at radius 2 is 1.87 bits per heavy atom. The topological polar surface area (TPSA) is 74.3 Å². The van der Waals surface area contributed by atoms with Gasteiger partial charge in [0.05, 0.1) is 40.4 Å². The minimum atomic E-state index is -0.453. The summed E-state index contributed by atoms with van der Waals surface area (Å²) in [5.41, 5.74) is 0.892. The SMILES string of the molecule is COC(=O)CCN1OCC(C(=O)OC)[C@@H]1c1ccc(OC)cc1. The first-order valence-electron chi connectivity index (χ1n) is 7.28. The molecule has 126 valence electrons. The maximum Gasteiger partial charge on any atom is 0.313 e. The summed E-state index contributed by atoms with van der Waals surface area (Å²) < 4.78 is 14.7. The van der Waals surface area contributed by atoms with Crippen molar-refractivity contribution in [1.82, 2.24) is 5.06 Å². The highest BCUT2D eigenvalue weighted by atomic mass is 16.7. The Kier molecular flexibility index (Phi) is 5.95. The Morgan fingerprint density at radius 1 is 1.17 bits per heavy atom. The number of carbonyl (C=O) groups excluding carboxylic acids is 2. The first-order valence-corrected chi connectivity index (χ1v) is 7.28. The van der Waals surface area contributed by atoms with Gasteiger partial charge in [0, 0.05) is 6.54 Å². The third-order valence-electron chi connectivity index (χ3n) is 3.84. The number of nitrogens with zero attached hydrogens (tertiary/aromatic N) is 1. The lowest BCUT2D eigenvalue weighted by Gasteiger charge is -2.25. The first-order chi connectivity index (χ1) is 11.1. The van der Waals surface area contributed by atoms with E-state index in [4.69, 9.17) is 14.3 Å². The maximum absolute atomic E-state index is 12.0. The molecular formula is C16H21NO6. The van der Waals surface area contributed by atoms with Crippen LogP contribution in [0.1, 0.15) is 18.0 Å². The highest BCUT2D eigenvalue weighted by Crippen LogP contribution is 2.36. The predicted molar refractivity (Wildman–Crippen MR) is 80.5 cm³/mol. The highest BCUT2D eigenvalue weighted by Gasteiger charge is 2.42. The summed E-state index contributed by atoms with van der Waals surface area (Å²) in [6.07, 6.45) is 0.178. The van der Waals surface area contributed by atoms with Gasteiger partial charge in [-0.1, -0.05) is 12.1 Å². The molecule has 0 bridgehead atoms. The smallest absolute Gasteiger partial charge is 0.313 e. The molecule has 2 atom stereocenters. The second-order valence-electron chi connectivity index (χ2n) is 5.11. The number of carbonyl (C=O) groups is 2. The minimum Gasteiger partial charge on any atom is -0.497 e. The van der Waals surface area contributed by atoms with Crippen LogP contribution in [0.2, 0.25) is 0 Å². The van der Waals surface area contributed by atoms with Crippen LogP contribution in [0.25, 0.3) is 0 Å². The van der Waals surface area contributed by atoms with Crippen molar-refractivity contribution in [3.63, 3.8) is 0 Å². The lowest BCUT2D eigenvalue weighted by molar-refractivity contribution is -0.153. The normalized spacial score (nSPS) is 21.0. The number of rotatable bonds is 6. The Hall–Kier alpha value is -2.12. The molecule has 0 aromatic heterocycles. The van der Waals surface area contributed by atoms with Crippen LogP contribution >= 0.6 is 0 Å². The lowest BCUT2D eigenvalue weighted by atomic mass is 9.94. The van der Waals surface area contributed by atoms with Gasteiger partial charge in [0.1, 0.15) is 11.7 Å². The molecule has 0 amide bonds. The molecule has 1 aliphatic rings. The summed E-state index contributed by atoms with van der Waals surface area (Å²) in [7, 11) is 4.28. The first kappa shape index (κ1) is 17.2. The van der Waals surface area contributed by atoms with E-state index in [1.807, 2.05) is 24.3 Å². The second-order valence-corrected chi connectivity index (χ2v) is 5.11. The molecule has 1 aromatic carbocycles. The van der Waals surface area contributed by atoms with Gasteiger partial charge in [0.25, 0.3) is 0 Å². The molecule has 0 radical (unpaired) electrons. The van der Waals surface area contributed by atoms with Crippen molar-refractivity contribution in [1.29, 1.82) is 0 Å². The van der Waals surface area contributed by atoms with Gasteiger partial charge < -0.3 is 14.2 Å². The molecule has 23 heavy (non-hydrogen) atoms. The zero-order valence-electron chi connectivity index (χ0n) is 13.5. The zero-order valence-corrected chi connectivity index (χ0v) is 13.5. The third kappa shape index (κ3) is 4.00. The molecule has 0 N–H and O–H groups in total. The molecule has 1 aromatic rings. The number of hydroxylamine groups is 2. The Bertz CT molecular complexity index is 544. The monoisotopic (exact) mass is 323 g/mol. The molecular weight excluding hydrogens is 302 g/mol. The van der Waals surface area contributed by atoms with E-state index in [0.717, 1.165) is 11.3 Å². The van der Waals surface area contributed by atoms with E-state index in [9.17, 15) is 9.59 Å². The van der Waals surface area contributed by atoms with E-state index in [2.05, 4.69) is 4.74 Å². The number of esters is 2. The fraction of sp³-hybridized carbons (Fsp3) is 0.500. The van der Waals surface area contributed by atoms with Crippen molar-refractivity contribution < 1.29 is 28.6 Å². The highest BCUT2D eigenvalue weighted by molar-refractivity contribution is 5.74. The summed E-state index contributed by atoms with van der Waals surface area (Å²) in [4.78, 5) is 29.0. The Labute approximate surface area is 135 Å². The minimum absolute atomic E-state index is 0.178. The fourth-order valence-corrected chi connectivity index (χ4v) is 2.60. The van der Waals surface area contributed by atoms with Crippen LogP contribution in [-0.4, -0.2) is 51.5 Å². The molecule has 7 nitrogen and oxygen atoms in total. The molecule has 1 aliphatic heterocycles. The average molecular weight is 323 g/mol. The predicted octanol–water partition coefficient (Wildman–Crippen LogP) is 1.34. The van der Waals surface area contributed by atoms with E-state index in [0.29, 0.717) is 6.54 Å². The van der Waals surface area contributed by atoms with Crippen LogP contribution in [0.5, 0.6) is 5.75 Å². The summed E-state index contributed by atoms with van der Waals surface area (Å²) in [6, 6.07) is 7.07. The molecule has 1 heterocycles. The van der Waals surface area contributed by atoms with Gasteiger partial charge in [-0.05, 0) is 17.7 Å². The van der Waals surface area contributed by atoms with Gasteiger partial charge in [-0.15, -0.1) is 0 Å². The lowest BCUT2D eigenvalue weighted by Crippen LogP contribution is -2.30. The summed E-state index contributed by atoms with van der Waals surface area (Å²) >= 11 is 0. The number of hydrogen-bond acceptors (Lipinski definition) is 7. The molecule has 1 fully saturated rings. The fourth-order valence-electron chi connectivity index (χ4n) is 2.60. The van der Waals surface area contributed by atoms with E-state index in [1.54, 1.807) is 12.2 Å². The molecule has 0 spiro atoms. The number of benzene rings is 1. The van der Waals surface area contributed by atoms with E-state index >= 15 is 0 Å². The van der Waals surface area contributed by atoms with Crippen LogP contribution in [0.3, 0.4) is 0 Å². The average Bonchev–Trinajstić information content (AvgIpc) is 3.02. The third-order valence-corrected chi connectivity index (χ3v) is 3.84. The van der Waals surface area contributed by atoms with Crippen LogP contribution in [0.4, 0.5) is 0 Å². The van der Waals surface area contributed by atoms with Crippen molar-refractivity contribution in [2.24, 2.45) is 5.92 Å². The van der Waals surface area contributed by atoms with Gasteiger partial charge in [0.15, 0.2) is 0 Å². The number of ether oxygens (including phenoxy) is 3. The van der Waals surface area contributed by atoms with E-state index in [-0.39, 0.29) is 31.0 Å². The van der Waals surface area contributed by atoms with Crippen molar-refractivity contribution in [2.75, 3.05) is 34.5 Å². The summed E-state index contributed by atoms with van der Waals surface area (Å²) in [5.74, 6) is -0.399. The maximum atomic E-state index is 12.0. The van der Waals surface area contributed by atoms with E-state index in [1.165, 1.54) is 14.2 Å². The molecule has 0 aliphatic carbocycles. The number of methoxy groups -OCH3 is 3. The quantitative estimate of drug-likeness (QED) is 0.731. The Morgan fingerprint density at radius 3 is 2.43 bits per heavy atom. The summed E-state index contributed by atoms with van der Waals surface area (Å²) in [5, 5.41) is 1.64. The Balaban J connectivity index is 2.20. The standard InChI is InChI=1S/C16H21NO6/c1-20-12-6-4-11(5-7-12)15-13(16(19)22-3)10-23-17(15)9-8-14(18)21-2/h4-7,13,15H,8-10H2,1-3H3/t13?,15-/m0/s1. The molecule has 2 rings (SSSR count). The van der Waals surface area contributed by atoms with Crippen LogP contribution in [-0.2, 0) is 23.9 Å². The van der Waals surface area contributed by atoms with Crippen molar-refractivity contribution in [3.8, 4) is 5.75 Å². The van der Waals surface area contributed by atoms with Crippen LogP contribution in [0, 0.1) is 5.92 Å². The second kappa shape index (κ2) is 7.94. The molecule has 1 saturated heterocycles. The zero-order chi connectivity index (χ0) is 16.8. The molecule has 0 saturated carbocycles. The van der Waals surface area contributed by atoms with Gasteiger partial charge >= 0.3 is 11.9 Å². The van der Waals surface area contributed by atoms with Gasteiger partial charge in [-0.2, -0.15) is 5.06 Å². The summed E-state index contributed by atoms with van der Waals surface area (Å²) in [6.45, 7) is 0.543. The van der Waals surface area contributed by atoms with Crippen molar-refractivity contribution in [2.45, 2.75) is 12.5 Å². The van der Waals surface area contributed by atoms with Gasteiger partial charge in [-0.3, -0.25) is 14.4 Å². The van der Waals surface area contributed by atoms with Gasteiger partial charge in [0.2, 0.25) is 0 Å². The van der Waals surface area contributed by atoms with Crippen molar-refractivity contribution in [3.05, 3.63) is 29.8 Å². The molecule has 7 heteroatoms. The van der Waals surface area contributed by atoms with E-state index < -0.39 is 5.92 Å².